The number of nitrogens with zero attached hydrogens (tertiary/aromatic N) is 4. The first kappa shape index (κ1) is 15.8. The topological polar surface area (TPSA) is 75.1 Å². The first-order valence-electron chi connectivity index (χ1n) is 7.86. The van der Waals surface area contributed by atoms with Crippen LogP contribution < -0.4 is 15.5 Å². The number of hydrogen-bond acceptors (Lipinski definition) is 5. The average Bonchev–Trinajstić information content (AvgIpc) is 3.21. The molecule has 1 saturated heterocycles. The van der Waals surface area contributed by atoms with Gasteiger partial charge in [0.25, 0.3) is 0 Å². The lowest BCUT2D eigenvalue weighted by Crippen LogP contribution is -2.31. The molecule has 23 heavy (non-hydrogen) atoms. The van der Waals surface area contributed by atoms with Crippen molar-refractivity contribution < 1.29 is 4.79 Å². The summed E-state index contributed by atoms with van der Waals surface area (Å²) < 4.78 is 1.65. The van der Waals surface area contributed by atoms with Crippen molar-refractivity contribution in [1.82, 2.24) is 20.1 Å². The maximum atomic E-state index is 11.9. The molecule has 3 heterocycles. The van der Waals surface area contributed by atoms with Crippen LogP contribution in [0.5, 0.6) is 0 Å². The van der Waals surface area contributed by atoms with E-state index in [1.54, 1.807) is 23.1 Å². The van der Waals surface area contributed by atoms with Crippen LogP contribution in [0.1, 0.15) is 24.2 Å². The molecule has 2 amide bonds. The molecular formula is C15H22N6OS. The van der Waals surface area contributed by atoms with Crippen LogP contribution in [0.25, 0.3) is 0 Å². The van der Waals surface area contributed by atoms with E-state index in [1.807, 2.05) is 13.0 Å². The predicted molar refractivity (Wildman–Crippen MR) is 92.2 cm³/mol. The smallest absolute Gasteiger partial charge is 0.320 e. The van der Waals surface area contributed by atoms with Gasteiger partial charge in [-0.05, 0) is 19.8 Å². The van der Waals surface area contributed by atoms with E-state index in [2.05, 4.69) is 31.0 Å². The van der Waals surface area contributed by atoms with Gasteiger partial charge in [-0.1, -0.05) is 0 Å². The van der Waals surface area contributed by atoms with Crippen molar-refractivity contribution in [2.75, 3.05) is 29.9 Å². The maximum Gasteiger partial charge on any atom is 0.320 e. The molecular weight excluding hydrogens is 312 g/mol. The van der Waals surface area contributed by atoms with Gasteiger partial charge in [-0.3, -0.25) is 10.00 Å². The summed E-state index contributed by atoms with van der Waals surface area (Å²) in [6.07, 6.45) is 3.25. The van der Waals surface area contributed by atoms with E-state index < -0.39 is 0 Å². The molecule has 0 saturated carbocycles. The minimum absolute atomic E-state index is 0.219. The number of urea groups is 1. The van der Waals surface area contributed by atoms with Crippen molar-refractivity contribution in [3.8, 4) is 0 Å². The van der Waals surface area contributed by atoms with Crippen molar-refractivity contribution in [2.45, 2.75) is 26.2 Å². The second kappa shape index (κ2) is 6.99. The molecule has 3 rings (SSSR count). The van der Waals surface area contributed by atoms with Crippen LogP contribution in [0, 0.1) is 6.92 Å². The van der Waals surface area contributed by atoms with E-state index in [0.717, 1.165) is 36.0 Å². The Labute approximate surface area is 139 Å². The van der Waals surface area contributed by atoms with E-state index in [4.69, 9.17) is 0 Å². The van der Waals surface area contributed by atoms with E-state index >= 15 is 0 Å². The second-order valence-electron chi connectivity index (χ2n) is 5.74. The van der Waals surface area contributed by atoms with Crippen LogP contribution >= 0.6 is 11.3 Å². The normalized spacial score (nSPS) is 14.3. The van der Waals surface area contributed by atoms with Gasteiger partial charge in [0.1, 0.15) is 5.82 Å². The highest BCUT2D eigenvalue weighted by Gasteiger charge is 2.15. The van der Waals surface area contributed by atoms with Crippen molar-refractivity contribution in [1.29, 1.82) is 0 Å². The average molecular weight is 334 g/mol. The Morgan fingerprint density at radius 2 is 2.17 bits per heavy atom. The molecule has 0 aromatic carbocycles. The molecule has 124 valence electrons. The molecule has 0 atom stereocenters. The Bertz CT molecular complexity index is 673. The molecule has 0 spiro atoms. The van der Waals surface area contributed by atoms with Crippen LogP contribution in [0.2, 0.25) is 0 Å². The number of aromatic nitrogens is 3. The fourth-order valence-corrected chi connectivity index (χ4v) is 3.57. The van der Waals surface area contributed by atoms with Crippen molar-refractivity contribution in [3.63, 3.8) is 0 Å². The lowest BCUT2D eigenvalue weighted by molar-refractivity contribution is 0.252. The Balaban J connectivity index is 1.44. The minimum atomic E-state index is -0.219. The predicted octanol–water partition coefficient (Wildman–Crippen LogP) is 2.15. The second-order valence-corrected chi connectivity index (χ2v) is 6.58. The summed E-state index contributed by atoms with van der Waals surface area (Å²) in [7, 11) is 1.80. The van der Waals surface area contributed by atoms with Crippen LogP contribution in [-0.4, -0.2) is 40.4 Å². The third-order valence-corrected chi connectivity index (χ3v) is 4.78. The molecule has 2 aromatic heterocycles. The molecule has 0 bridgehead atoms. The lowest BCUT2D eigenvalue weighted by Gasteiger charge is -2.12. The van der Waals surface area contributed by atoms with Gasteiger partial charge in [0.15, 0.2) is 5.13 Å². The molecule has 7 nitrogen and oxygen atoms in total. The third-order valence-electron chi connectivity index (χ3n) is 3.83. The van der Waals surface area contributed by atoms with E-state index in [9.17, 15) is 4.79 Å². The quantitative estimate of drug-likeness (QED) is 0.878. The summed E-state index contributed by atoms with van der Waals surface area (Å²) >= 11 is 1.69. The van der Waals surface area contributed by atoms with Crippen molar-refractivity contribution >= 4 is 28.3 Å². The number of carbonyl (C=O) groups excluding carboxylic acids is 1. The lowest BCUT2D eigenvalue weighted by atomic mass is 10.3. The summed E-state index contributed by atoms with van der Waals surface area (Å²) in [5.41, 5.74) is 1.91. The van der Waals surface area contributed by atoms with Crippen LogP contribution in [0.15, 0.2) is 11.4 Å². The number of amides is 2. The van der Waals surface area contributed by atoms with Gasteiger partial charge in [0.05, 0.1) is 11.4 Å². The standard InChI is InChI=1S/C15H22N6OS/c1-11-9-13(20(2)19-11)18-14(22)16-6-5-12-10-23-15(17-12)21-7-3-4-8-21/h9-10H,3-8H2,1-2H3,(H2,16,18,22). The van der Waals surface area contributed by atoms with E-state index in [0.29, 0.717) is 12.4 Å². The first-order valence-corrected chi connectivity index (χ1v) is 8.74. The molecule has 2 N–H and O–H groups in total. The zero-order valence-electron chi connectivity index (χ0n) is 13.5. The highest BCUT2D eigenvalue weighted by Crippen LogP contribution is 2.24. The number of thiazole rings is 1. The summed E-state index contributed by atoms with van der Waals surface area (Å²) in [5.74, 6) is 0.685. The highest BCUT2D eigenvalue weighted by atomic mass is 32.1. The van der Waals surface area contributed by atoms with Gasteiger partial charge in [-0.15, -0.1) is 11.3 Å². The van der Waals surface area contributed by atoms with Crippen molar-refractivity contribution in [3.05, 3.63) is 22.8 Å². The summed E-state index contributed by atoms with van der Waals surface area (Å²) in [4.78, 5) is 18.9. The SMILES string of the molecule is Cc1cc(NC(=O)NCCc2csc(N3CCCC3)n2)n(C)n1. The number of hydrogen-bond donors (Lipinski definition) is 2. The summed E-state index contributed by atoms with van der Waals surface area (Å²) in [6.45, 7) is 4.67. The maximum absolute atomic E-state index is 11.9. The number of anilines is 2. The molecule has 2 aromatic rings. The Kier molecular flexibility index (Phi) is 4.80. The van der Waals surface area contributed by atoms with Gasteiger partial charge in [0.2, 0.25) is 0 Å². The summed E-state index contributed by atoms with van der Waals surface area (Å²) in [5, 5.41) is 13.0. The van der Waals surface area contributed by atoms with Gasteiger partial charge in [-0.2, -0.15) is 5.10 Å². The fraction of sp³-hybridized carbons (Fsp3) is 0.533. The summed E-state index contributed by atoms with van der Waals surface area (Å²) in [6, 6.07) is 1.62. The largest absolute Gasteiger partial charge is 0.348 e. The molecule has 1 aliphatic heterocycles. The number of aryl methyl sites for hydroxylation is 2. The fourth-order valence-electron chi connectivity index (χ4n) is 2.66. The third kappa shape index (κ3) is 4.01. The molecule has 8 heteroatoms. The van der Waals surface area contributed by atoms with Crippen LogP contribution in [0.4, 0.5) is 15.7 Å². The van der Waals surface area contributed by atoms with E-state index in [-0.39, 0.29) is 6.03 Å². The number of nitrogens with one attached hydrogen (secondary N) is 2. The molecule has 1 fully saturated rings. The highest BCUT2D eigenvalue weighted by molar-refractivity contribution is 7.13. The molecule has 1 aliphatic rings. The molecule has 0 aliphatic carbocycles. The van der Waals surface area contributed by atoms with Gasteiger partial charge < -0.3 is 10.2 Å². The van der Waals surface area contributed by atoms with Crippen molar-refractivity contribution in [2.24, 2.45) is 7.05 Å². The van der Waals surface area contributed by atoms with Gasteiger partial charge in [-0.25, -0.2) is 9.78 Å². The number of rotatable bonds is 5. The van der Waals surface area contributed by atoms with Crippen LogP contribution in [-0.2, 0) is 13.5 Å². The zero-order chi connectivity index (χ0) is 16.2. The molecule has 0 unspecified atom stereocenters. The Morgan fingerprint density at radius 1 is 1.39 bits per heavy atom. The van der Waals surface area contributed by atoms with Gasteiger partial charge >= 0.3 is 6.03 Å². The zero-order valence-corrected chi connectivity index (χ0v) is 14.3. The Hall–Kier alpha value is -2.09. The Morgan fingerprint density at radius 3 is 2.87 bits per heavy atom. The first-order chi connectivity index (χ1) is 11.1. The number of carbonyl (C=O) groups is 1. The minimum Gasteiger partial charge on any atom is -0.348 e. The van der Waals surface area contributed by atoms with Crippen LogP contribution in [0.3, 0.4) is 0 Å². The molecule has 0 radical (unpaired) electrons. The van der Waals surface area contributed by atoms with Gasteiger partial charge in [0, 0.05) is 44.5 Å². The monoisotopic (exact) mass is 334 g/mol. The van der Waals surface area contributed by atoms with E-state index in [1.165, 1.54) is 12.8 Å².